The highest BCUT2D eigenvalue weighted by Gasteiger charge is 2.03. The molecule has 0 saturated carbocycles. The highest BCUT2D eigenvalue weighted by molar-refractivity contribution is 5.94. The fraction of sp³-hybridized carbons (Fsp3) is 0.412. The zero-order valence-electron chi connectivity index (χ0n) is 23.3. The van der Waals surface area contributed by atoms with E-state index in [4.69, 9.17) is 0 Å². The number of rotatable bonds is 21. The molecular weight excluding hydrogens is 468 g/mol. The molecule has 1 rings (SSSR count). The third-order valence-corrected chi connectivity index (χ3v) is 5.63. The molecule has 0 unspecified atom stereocenters. The summed E-state index contributed by atoms with van der Waals surface area (Å²) in [4.78, 5) is 23.9. The SMILES string of the molecule is CC/C=C\C/C=C\C/C=C\C/C=C\C/C=C\C/C=C\CCC(=O)NCCCCCNC(=O)c1ccccc1. The lowest BCUT2D eigenvalue weighted by molar-refractivity contribution is -0.121. The Kier molecular flexibility index (Phi) is 21.7. The lowest BCUT2D eigenvalue weighted by Gasteiger charge is -2.06. The molecule has 206 valence electrons. The van der Waals surface area contributed by atoms with Gasteiger partial charge in [0.1, 0.15) is 0 Å². The minimum Gasteiger partial charge on any atom is -0.356 e. The zero-order valence-corrected chi connectivity index (χ0v) is 23.3. The van der Waals surface area contributed by atoms with Crippen LogP contribution in [0.3, 0.4) is 0 Å². The van der Waals surface area contributed by atoms with Crippen LogP contribution in [0.1, 0.15) is 87.9 Å². The Morgan fingerprint density at radius 1 is 0.605 bits per heavy atom. The Morgan fingerprint density at radius 3 is 1.61 bits per heavy atom. The van der Waals surface area contributed by atoms with Crippen LogP contribution in [0.2, 0.25) is 0 Å². The predicted molar refractivity (Wildman–Crippen MR) is 163 cm³/mol. The Hall–Kier alpha value is -3.40. The summed E-state index contributed by atoms with van der Waals surface area (Å²) in [5.41, 5.74) is 0.687. The number of amides is 2. The van der Waals surface area contributed by atoms with Crippen molar-refractivity contribution in [3.05, 3.63) is 109 Å². The summed E-state index contributed by atoms with van der Waals surface area (Å²) < 4.78 is 0. The highest BCUT2D eigenvalue weighted by atomic mass is 16.2. The number of carbonyl (C=O) groups excluding carboxylic acids is 2. The zero-order chi connectivity index (χ0) is 27.4. The molecule has 0 aliphatic carbocycles. The molecule has 2 amide bonds. The molecule has 0 aliphatic rings. The normalized spacial score (nSPS) is 12.2. The molecule has 0 aliphatic heterocycles. The first-order valence-corrected chi connectivity index (χ1v) is 14.2. The maximum absolute atomic E-state index is 11.9. The Labute approximate surface area is 231 Å². The van der Waals surface area contributed by atoms with Gasteiger partial charge < -0.3 is 10.6 Å². The molecule has 38 heavy (non-hydrogen) atoms. The van der Waals surface area contributed by atoms with E-state index in [0.717, 1.165) is 64.2 Å². The van der Waals surface area contributed by atoms with Crippen LogP contribution < -0.4 is 10.6 Å². The minimum atomic E-state index is -0.0340. The van der Waals surface area contributed by atoms with Crippen molar-refractivity contribution in [3.63, 3.8) is 0 Å². The van der Waals surface area contributed by atoms with Crippen molar-refractivity contribution < 1.29 is 9.59 Å². The molecule has 4 heteroatoms. The molecule has 0 atom stereocenters. The Balaban J connectivity index is 1.91. The second-order valence-corrected chi connectivity index (χ2v) is 8.99. The Morgan fingerprint density at radius 2 is 1.08 bits per heavy atom. The number of benzene rings is 1. The van der Waals surface area contributed by atoms with E-state index in [2.05, 4.69) is 90.5 Å². The van der Waals surface area contributed by atoms with Gasteiger partial charge in [-0.15, -0.1) is 0 Å². The van der Waals surface area contributed by atoms with Gasteiger partial charge in [-0.1, -0.05) is 98.0 Å². The molecule has 0 bridgehead atoms. The van der Waals surface area contributed by atoms with E-state index in [1.807, 2.05) is 30.3 Å². The summed E-state index contributed by atoms with van der Waals surface area (Å²) in [6.45, 7) is 3.50. The lowest BCUT2D eigenvalue weighted by atomic mass is 10.2. The van der Waals surface area contributed by atoms with E-state index in [9.17, 15) is 9.59 Å². The maximum atomic E-state index is 11.9. The molecule has 0 aromatic heterocycles. The lowest BCUT2D eigenvalue weighted by Crippen LogP contribution is -2.25. The smallest absolute Gasteiger partial charge is 0.251 e. The molecule has 2 N–H and O–H groups in total. The molecule has 1 aromatic rings. The van der Waals surface area contributed by atoms with E-state index < -0.39 is 0 Å². The van der Waals surface area contributed by atoms with Gasteiger partial charge in [0.05, 0.1) is 0 Å². The van der Waals surface area contributed by atoms with Crippen molar-refractivity contribution >= 4 is 11.8 Å². The number of hydrogen-bond donors (Lipinski definition) is 2. The number of unbranched alkanes of at least 4 members (excludes halogenated alkanes) is 2. The molecule has 0 fully saturated rings. The van der Waals surface area contributed by atoms with Gasteiger partial charge in [-0.2, -0.15) is 0 Å². The molecule has 0 saturated heterocycles. The number of allylic oxidation sites excluding steroid dienone is 12. The number of nitrogens with one attached hydrogen (secondary N) is 2. The molecule has 0 spiro atoms. The summed E-state index contributed by atoms with van der Waals surface area (Å²) in [7, 11) is 0. The second-order valence-electron chi connectivity index (χ2n) is 8.99. The maximum Gasteiger partial charge on any atom is 0.251 e. The van der Waals surface area contributed by atoms with Crippen LogP contribution in [0.4, 0.5) is 0 Å². The average Bonchev–Trinajstić information content (AvgIpc) is 2.94. The first-order chi connectivity index (χ1) is 18.7. The van der Waals surface area contributed by atoms with Crippen LogP contribution in [0.25, 0.3) is 0 Å². The first kappa shape index (κ1) is 32.6. The third-order valence-electron chi connectivity index (χ3n) is 5.63. The van der Waals surface area contributed by atoms with Crippen molar-refractivity contribution in [3.8, 4) is 0 Å². The van der Waals surface area contributed by atoms with Crippen molar-refractivity contribution in [2.75, 3.05) is 13.1 Å². The third kappa shape index (κ3) is 20.8. The summed E-state index contributed by atoms with van der Waals surface area (Å²) in [6, 6.07) is 9.24. The predicted octanol–water partition coefficient (Wildman–Crippen LogP) is 8.18. The fourth-order valence-electron chi connectivity index (χ4n) is 3.49. The quantitative estimate of drug-likeness (QED) is 0.128. The Bertz CT molecular complexity index is 908. The van der Waals surface area contributed by atoms with Crippen LogP contribution >= 0.6 is 0 Å². The van der Waals surface area contributed by atoms with Crippen molar-refractivity contribution in [1.82, 2.24) is 10.6 Å². The molecule has 1 aromatic carbocycles. The van der Waals surface area contributed by atoms with E-state index in [-0.39, 0.29) is 11.8 Å². The standard InChI is InChI=1S/C34H48N2O2/c1-2-3-4-5-6-7-8-9-10-11-12-13-14-15-16-17-18-19-24-29-33(37)35-30-25-21-26-31-36-34(38)32-27-22-20-23-28-32/h3-4,6-7,9-10,12-13,15-16,18-20,22-23,27-28H,2,5,8,11,14,17,21,24-26,29-31H2,1H3,(H,35,37)(H,36,38)/b4-3-,7-6-,10-9-,13-12-,16-15-,19-18-. The van der Waals surface area contributed by atoms with Gasteiger partial charge in [-0.25, -0.2) is 0 Å². The van der Waals surface area contributed by atoms with E-state index in [1.54, 1.807) is 0 Å². The van der Waals surface area contributed by atoms with E-state index >= 15 is 0 Å². The largest absolute Gasteiger partial charge is 0.356 e. The van der Waals surface area contributed by atoms with Crippen LogP contribution in [-0.4, -0.2) is 24.9 Å². The summed E-state index contributed by atoms with van der Waals surface area (Å²) in [5, 5.41) is 5.90. The second kappa shape index (κ2) is 25.3. The van der Waals surface area contributed by atoms with Crippen molar-refractivity contribution in [2.24, 2.45) is 0 Å². The molecule has 4 nitrogen and oxygen atoms in total. The monoisotopic (exact) mass is 516 g/mol. The molecule has 0 heterocycles. The molecule has 0 radical (unpaired) electrons. The van der Waals surface area contributed by atoms with Crippen LogP contribution in [0, 0.1) is 0 Å². The topological polar surface area (TPSA) is 58.2 Å². The van der Waals surface area contributed by atoms with E-state index in [1.165, 1.54) is 0 Å². The van der Waals surface area contributed by atoms with Gasteiger partial charge in [-0.05, 0) is 76.3 Å². The van der Waals surface area contributed by atoms with Crippen molar-refractivity contribution in [1.29, 1.82) is 0 Å². The van der Waals surface area contributed by atoms with Gasteiger partial charge >= 0.3 is 0 Å². The van der Waals surface area contributed by atoms with Crippen LogP contribution in [0.15, 0.2) is 103 Å². The summed E-state index contributed by atoms with van der Waals surface area (Å²) in [5.74, 6) is 0.0650. The minimum absolute atomic E-state index is 0.0340. The van der Waals surface area contributed by atoms with Crippen molar-refractivity contribution in [2.45, 2.75) is 77.6 Å². The summed E-state index contributed by atoms with van der Waals surface area (Å²) >= 11 is 0. The average molecular weight is 517 g/mol. The van der Waals surface area contributed by atoms with Gasteiger partial charge in [0.15, 0.2) is 0 Å². The van der Waals surface area contributed by atoms with E-state index in [0.29, 0.717) is 25.1 Å². The van der Waals surface area contributed by atoms with Gasteiger partial charge in [0, 0.05) is 25.1 Å². The van der Waals surface area contributed by atoms with Gasteiger partial charge in [0.25, 0.3) is 5.91 Å². The van der Waals surface area contributed by atoms with Crippen LogP contribution in [-0.2, 0) is 4.79 Å². The number of hydrogen-bond acceptors (Lipinski definition) is 2. The fourth-order valence-corrected chi connectivity index (χ4v) is 3.49. The highest BCUT2D eigenvalue weighted by Crippen LogP contribution is 2.00. The van der Waals surface area contributed by atoms with Gasteiger partial charge in [-0.3, -0.25) is 9.59 Å². The van der Waals surface area contributed by atoms with Gasteiger partial charge in [0.2, 0.25) is 5.91 Å². The summed E-state index contributed by atoms with van der Waals surface area (Å²) in [6.07, 6.45) is 36.2. The first-order valence-electron chi connectivity index (χ1n) is 14.2. The van der Waals surface area contributed by atoms with Crippen LogP contribution in [0.5, 0.6) is 0 Å². The molecular formula is C34H48N2O2. The number of carbonyl (C=O) groups is 2.